The summed E-state index contributed by atoms with van der Waals surface area (Å²) in [5.41, 5.74) is 5.40. The number of unbranched alkanes of at least 4 members (excludes halogenated alkanes) is 28. The molecule has 3 N–H and O–H groups in total. The fourth-order valence-electron chi connectivity index (χ4n) is 9.52. The first-order valence-electron chi connectivity index (χ1n) is 35.3. The van der Waals surface area contributed by atoms with Crippen LogP contribution in [0.15, 0.2) is 146 Å². The van der Waals surface area contributed by atoms with Crippen LogP contribution in [-0.4, -0.2) is 49.3 Å². The topological polar surface area (TPSA) is 134 Å². The normalized spacial score (nSPS) is 13.8. The van der Waals surface area contributed by atoms with Crippen molar-refractivity contribution in [1.29, 1.82) is 0 Å². The zero-order chi connectivity index (χ0) is 63.0. The summed E-state index contributed by atoms with van der Waals surface area (Å²) < 4.78 is 33.2. The Kier molecular flexibility index (Phi) is 67.6. The van der Waals surface area contributed by atoms with Gasteiger partial charge in [0.1, 0.15) is 6.61 Å². The molecule has 0 saturated carbocycles. The molecule has 0 aromatic rings. The minimum absolute atomic E-state index is 0.0450. The maximum absolute atomic E-state index is 12.8. The summed E-state index contributed by atoms with van der Waals surface area (Å²) in [6.07, 6.45) is 102. The number of hydrogen-bond donors (Lipinski definition) is 2. The molecule has 0 spiro atoms. The Hall–Kier alpha value is -4.11. The summed E-state index contributed by atoms with van der Waals surface area (Å²) in [7, 11) is -4.41. The zero-order valence-electron chi connectivity index (χ0n) is 55.7. The number of ether oxygens (including phenoxy) is 2. The van der Waals surface area contributed by atoms with Crippen LogP contribution in [0.5, 0.6) is 0 Å². The van der Waals surface area contributed by atoms with Gasteiger partial charge in [0.15, 0.2) is 6.10 Å². The minimum atomic E-state index is -4.41. The SMILES string of the molecule is CC/C=C\C/C=C\C/C=C\C/C=C\C/C=C\C/C=C\C/C=C\C/C=C\C/C=C\CCCCCCCCCC(=O)OC(COC(=O)CCCCCCCCCCCCCCCCCC/C=C\C/C=C\C/C=C\CCCCCCC)COP(=O)(O)OCCN. The Balaban J connectivity index is 3.96. The van der Waals surface area contributed by atoms with Gasteiger partial charge in [0.2, 0.25) is 0 Å². The Bertz CT molecular complexity index is 1940. The summed E-state index contributed by atoms with van der Waals surface area (Å²) in [4.78, 5) is 35.4. The largest absolute Gasteiger partial charge is 0.472 e. The lowest BCUT2D eigenvalue weighted by Gasteiger charge is -2.19. The van der Waals surface area contributed by atoms with Crippen LogP contribution in [0.4, 0.5) is 0 Å². The molecule has 10 heteroatoms. The lowest BCUT2D eigenvalue weighted by molar-refractivity contribution is -0.161. The number of rotatable bonds is 65. The standard InChI is InChI=1S/C77H130NO8P/c1-3-5-7-9-11-13-15-17-19-21-23-25-27-29-31-33-35-36-37-38-40-42-44-46-48-50-52-54-56-58-60-62-64-66-68-70-77(80)86-75(74-85-87(81,82)84-72-71-78)73-83-76(79)69-67-65-63-61-59-57-55-53-51-49-47-45-43-41-39-34-32-30-28-26-24-22-20-18-16-14-12-10-8-6-4-2/h5,7,11,13,16-19,22-25,28-31,35-36,38,40,44,46,50,52,75H,3-4,6,8-10,12,14-15,20-21,26-27,32-34,37,39,41-43,45,47-49,51,53-74,78H2,1-2H3,(H,81,82)/b7-5-,13-11-,18-16-,19-17-,24-22-,25-23-,30-28-,31-29-,36-35-,40-38-,46-44-,52-50-. The first-order chi connectivity index (χ1) is 42.8. The highest BCUT2D eigenvalue weighted by Crippen LogP contribution is 2.43. The number of hydrogen-bond acceptors (Lipinski definition) is 8. The molecule has 0 amide bonds. The second kappa shape index (κ2) is 71.0. The number of carbonyl (C=O) groups excluding carboxylic acids is 2. The summed E-state index contributed by atoms with van der Waals surface area (Å²) in [6.45, 7) is 3.62. The summed E-state index contributed by atoms with van der Waals surface area (Å²) in [5.74, 6) is -0.842. The third-order valence-electron chi connectivity index (χ3n) is 14.7. The summed E-state index contributed by atoms with van der Waals surface area (Å²) in [6, 6.07) is 0. The molecule has 87 heavy (non-hydrogen) atoms. The number of nitrogens with two attached hydrogens (primary N) is 1. The van der Waals surface area contributed by atoms with Gasteiger partial charge in [-0.15, -0.1) is 0 Å². The van der Waals surface area contributed by atoms with Crippen molar-refractivity contribution < 1.29 is 37.6 Å². The van der Waals surface area contributed by atoms with Gasteiger partial charge < -0.3 is 20.1 Å². The Morgan fingerprint density at radius 1 is 0.356 bits per heavy atom. The molecule has 0 aliphatic rings. The van der Waals surface area contributed by atoms with Crippen LogP contribution in [0.25, 0.3) is 0 Å². The van der Waals surface area contributed by atoms with Crippen LogP contribution in [0, 0.1) is 0 Å². The quantitative estimate of drug-likeness (QED) is 0.0264. The molecule has 9 nitrogen and oxygen atoms in total. The average Bonchev–Trinajstić information content (AvgIpc) is 3.64. The van der Waals surface area contributed by atoms with Crippen molar-refractivity contribution in [3.63, 3.8) is 0 Å². The van der Waals surface area contributed by atoms with Gasteiger partial charge in [-0.3, -0.25) is 18.6 Å². The van der Waals surface area contributed by atoms with E-state index in [4.69, 9.17) is 24.3 Å². The predicted molar refractivity (Wildman–Crippen MR) is 376 cm³/mol. The van der Waals surface area contributed by atoms with Crippen LogP contribution < -0.4 is 5.73 Å². The third-order valence-corrected chi connectivity index (χ3v) is 15.7. The van der Waals surface area contributed by atoms with E-state index in [2.05, 4.69) is 160 Å². The van der Waals surface area contributed by atoms with Crippen molar-refractivity contribution in [2.75, 3.05) is 26.4 Å². The Labute approximate surface area is 535 Å². The molecule has 0 heterocycles. The number of esters is 2. The number of carbonyl (C=O) groups is 2. The Morgan fingerprint density at radius 3 is 0.943 bits per heavy atom. The minimum Gasteiger partial charge on any atom is -0.462 e. The van der Waals surface area contributed by atoms with E-state index < -0.39 is 26.5 Å². The van der Waals surface area contributed by atoms with Crippen molar-refractivity contribution in [3.05, 3.63) is 146 Å². The van der Waals surface area contributed by atoms with Crippen molar-refractivity contribution in [2.24, 2.45) is 5.73 Å². The number of phosphoric ester groups is 1. The van der Waals surface area contributed by atoms with Gasteiger partial charge in [0.05, 0.1) is 13.2 Å². The molecule has 0 aliphatic heterocycles. The van der Waals surface area contributed by atoms with E-state index in [0.29, 0.717) is 6.42 Å². The molecule has 2 atom stereocenters. The van der Waals surface area contributed by atoms with Crippen LogP contribution in [0.3, 0.4) is 0 Å². The monoisotopic (exact) mass is 1230 g/mol. The van der Waals surface area contributed by atoms with Gasteiger partial charge in [-0.1, -0.05) is 307 Å². The van der Waals surface area contributed by atoms with E-state index in [0.717, 1.165) is 116 Å². The van der Waals surface area contributed by atoms with Gasteiger partial charge in [0, 0.05) is 19.4 Å². The van der Waals surface area contributed by atoms with Crippen LogP contribution in [-0.2, 0) is 32.7 Å². The lowest BCUT2D eigenvalue weighted by atomic mass is 10.0. The Morgan fingerprint density at radius 2 is 0.632 bits per heavy atom. The molecule has 496 valence electrons. The van der Waals surface area contributed by atoms with E-state index in [9.17, 15) is 19.0 Å². The number of allylic oxidation sites excluding steroid dienone is 24. The molecule has 0 rings (SSSR count). The van der Waals surface area contributed by atoms with Gasteiger partial charge in [-0.2, -0.15) is 0 Å². The van der Waals surface area contributed by atoms with E-state index in [1.807, 2.05) is 0 Å². The second-order valence-corrected chi connectivity index (χ2v) is 24.5. The molecule has 0 radical (unpaired) electrons. The zero-order valence-corrected chi connectivity index (χ0v) is 56.6. The second-order valence-electron chi connectivity index (χ2n) is 23.0. The van der Waals surface area contributed by atoms with Gasteiger partial charge >= 0.3 is 19.8 Å². The smallest absolute Gasteiger partial charge is 0.462 e. The van der Waals surface area contributed by atoms with E-state index in [1.54, 1.807) is 0 Å². The number of phosphoric acid groups is 1. The first-order valence-corrected chi connectivity index (χ1v) is 36.8. The lowest BCUT2D eigenvalue weighted by Crippen LogP contribution is -2.29. The molecular weight excluding hydrogens is 1100 g/mol. The van der Waals surface area contributed by atoms with Crippen molar-refractivity contribution >= 4 is 19.8 Å². The van der Waals surface area contributed by atoms with Crippen LogP contribution >= 0.6 is 7.82 Å². The van der Waals surface area contributed by atoms with Crippen molar-refractivity contribution in [2.45, 2.75) is 302 Å². The van der Waals surface area contributed by atoms with Gasteiger partial charge in [0.25, 0.3) is 0 Å². The molecule has 0 aromatic heterocycles. The molecular formula is C77H130NO8P. The molecule has 2 unspecified atom stereocenters. The molecule has 0 bridgehead atoms. The predicted octanol–water partition coefficient (Wildman–Crippen LogP) is 23.4. The highest BCUT2D eigenvalue weighted by atomic mass is 31.2. The fourth-order valence-corrected chi connectivity index (χ4v) is 10.3. The first kappa shape index (κ1) is 82.9. The van der Waals surface area contributed by atoms with Gasteiger partial charge in [-0.25, -0.2) is 4.57 Å². The van der Waals surface area contributed by atoms with Gasteiger partial charge in [-0.05, 0) is 122 Å². The summed E-state index contributed by atoms with van der Waals surface area (Å²) >= 11 is 0. The van der Waals surface area contributed by atoms with E-state index in [1.165, 1.54) is 148 Å². The maximum atomic E-state index is 12.8. The summed E-state index contributed by atoms with van der Waals surface area (Å²) in [5, 5.41) is 0. The van der Waals surface area contributed by atoms with Crippen LogP contribution in [0.2, 0.25) is 0 Å². The van der Waals surface area contributed by atoms with E-state index >= 15 is 0 Å². The highest BCUT2D eigenvalue weighted by Gasteiger charge is 2.26. The maximum Gasteiger partial charge on any atom is 0.472 e. The van der Waals surface area contributed by atoms with E-state index in [-0.39, 0.29) is 38.6 Å². The average molecular weight is 1230 g/mol. The third kappa shape index (κ3) is 70.8. The fraction of sp³-hybridized carbons (Fsp3) is 0.662. The van der Waals surface area contributed by atoms with Crippen LogP contribution in [0.1, 0.15) is 296 Å². The molecule has 0 fully saturated rings. The molecule has 0 aliphatic carbocycles. The highest BCUT2D eigenvalue weighted by molar-refractivity contribution is 7.47. The molecule has 0 saturated heterocycles. The molecule has 0 aromatic carbocycles. The van der Waals surface area contributed by atoms with Crippen molar-refractivity contribution in [1.82, 2.24) is 0 Å². The van der Waals surface area contributed by atoms with Crippen molar-refractivity contribution in [3.8, 4) is 0 Å².